The van der Waals surface area contributed by atoms with E-state index < -0.39 is 29.7 Å². The van der Waals surface area contributed by atoms with Gasteiger partial charge in [-0.25, -0.2) is 9.29 Å². The van der Waals surface area contributed by atoms with Gasteiger partial charge in [0.2, 0.25) is 12.0 Å². The van der Waals surface area contributed by atoms with Crippen molar-refractivity contribution in [3.05, 3.63) is 64.9 Å². The quantitative estimate of drug-likeness (QED) is 0.787. The van der Waals surface area contributed by atoms with Crippen molar-refractivity contribution in [2.75, 3.05) is 4.90 Å². The predicted molar refractivity (Wildman–Crippen MR) is 85.2 cm³/mol. The molecule has 2 atom stereocenters. The third kappa shape index (κ3) is 2.18. The maximum absolute atomic E-state index is 13.1. The second-order valence-electron chi connectivity index (χ2n) is 5.48. The lowest BCUT2D eigenvalue weighted by atomic mass is 9.94. The van der Waals surface area contributed by atoms with E-state index in [1.54, 1.807) is 24.3 Å². The molecule has 4 rings (SSSR count). The Kier molecular flexibility index (Phi) is 3.35. The molecule has 7 heteroatoms. The Balaban J connectivity index is 1.69. The molecule has 2 amide bonds. The predicted octanol–water partition coefficient (Wildman–Crippen LogP) is 2.77. The summed E-state index contributed by atoms with van der Waals surface area (Å²) in [7, 11) is 0. The molecule has 0 radical (unpaired) electrons. The maximum atomic E-state index is 13.1. The summed E-state index contributed by atoms with van der Waals surface area (Å²) in [6.07, 6.45) is -0.992. The van der Waals surface area contributed by atoms with Gasteiger partial charge in [-0.1, -0.05) is 28.9 Å². The van der Waals surface area contributed by atoms with E-state index in [0.717, 1.165) is 4.90 Å². The van der Waals surface area contributed by atoms with Crippen LogP contribution in [-0.2, 0) is 14.4 Å². The van der Waals surface area contributed by atoms with Gasteiger partial charge in [0.25, 0.3) is 5.91 Å². The monoisotopic (exact) mass is 344 g/mol. The molecule has 2 aliphatic rings. The molecule has 0 saturated carbocycles. The third-order valence-corrected chi connectivity index (χ3v) is 4.29. The van der Waals surface area contributed by atoms with E-state index in [1.165, 1.54) is 24.3 Å². The first-order valence-electron chi connectivity index (χ1n) is 7.19. The summed E-state index contributed by atoms with van der Waals surface area (Å²) >= 11 is 5.84. The van der Waals surface area contributed by atoms with Crippen LogP contribution in [-0.4, -0.2) is 23.6 Å². The number of fused-ring (bicyclic) bond motifs is 1. The lowest BCUT2D eigenvalue weighted by Crippen LogP contribution is -2.33. The van der Waals surface area contributed by atoms with Crippen molar-refractivity contribution in [2.24, 2.45) is 11.1 Å². The van der Waals surface area contributed by atoms with E-state index in [1.807, 2.05) is 0 Å². The Bertz CT molecular complexity index is 864. The van der Waals surface area contributed by atoms with Crippen LogP contribution in [0.3, 0.4) is 0 Å². The largest absolute Gasteiger partial charge is 0.381 e. The molecule has 0 N–H and O–H groups in total. The van der Waals surface area contributed by atoms with E-state index >= 15 is 0 Å². The molecule has 1 fully saturated rings. The Labute approximate surface area is 141 Å². The number of oxime groups is 1. The molecule has 2 aromatic rings. The summed E-state index contributed by atoms with van der Waals surface area (Å²) in [6.45, 7) is 0. The van der Waals surface area contributed by atoms with Crippen LogP contribution < -0.4 is 4.90 Å². The van der Waals surface area contributed by atoms with E-state index in [-0.39, 0.29) is 0 Å². The van der Waals surface area contributed by atoms with E-state index in [0.29, 0.717) is 22.0 Å². The number of halogens is 2. The SMILES string of the molecule is O=C1[C@@H]2C(c3ccc(F)cc3)=NO[C@@H]2C(=O)N1c1ccc(Cl)cc1. The van der Waals surface area contributed by atoms with Crippen LogP contribution in [0.4, 0.5) is 10.1 Å². The summed E-state index contributed by atoms with van der Waals surface area (Å²) in [4.78, 5) is 31.6. The van der Waals surface area contributed by atoms with Gasteiger partial charge in [0, 0.05) is 10.6 Å². The number of carbonyl (C=O) groups is 2. The second-order valence-corrected chi connectivity index (χ2v) is 5.91. The highest BCUT2D eigenvalue weighted by Crippen LogP contribution is 2.35. The highest BCUT2D eigenvalue weighted by Gasteiger charge is 2.56. The smallest absolute Gasteiger partial charge is 0.278 e. The number of carbonyl (C=O) groups excluding carboxylic acids is 2. The van der Waals surface area contributed by atoms with Crippen molar-refractivity contribution >= 4 is 34.8 Å². The maximum Gasteiger partial charge on any atom is 0.278 e. The van der Waals surface area contributed by atoms with Gasteiger partial charge in [0.05, 0.1) is 5.69 Å². The van der Waals surface area contributed by atoms with Crippen LogP contribution in [0.2, 0.25) is 5.02 Å². The van der Waals surface area contributed by atoms with Crippen molar-refractivity contribution < 1.29 is 18.8 Å². The van der Waals surface area contributed by atoms with Crippen LogP contribution in [0.1, 0.15) is 5.56 Å². The first-order chi connectivity index (χ1) is 11.6. The highest BCUT2D eigenvalue weighted by molar-refractivity contribution is 6.33. The average molecular weight is 345 g/mol. The zero-order valence-corrected chi connectivity index (χ0v) is 12.9. The Hall–Kier alpha value is -2.73. The molecular formula is C17H10ClFN2O3. The first kappa shape index (κ1) is 14.8. The molecule has 0 aliphatic carbocycles. The lowest BCUT2D eigenvalue weighted by molar-refractivity contribution is -0.126. The second kappa shape index (κ2) is 5.42. The van der Waals surface area contributed by atoms with Crippen molar-refractivity contribution in [2.45, 2.75) is 6.10 Å². The van der Waals surface area contributed by atoms with Crippen molar-refractivity contribution in [1.82, 2.24) is 0 Å². The molecule has 2 heterocycles. The number of benzene rings is 2. The number of rotatable bonds is 2. The number of hydrogen-bond acceptors (Lipinski definition) is 4. The minimum atomic E-state index is -0.992. The third-order valence-electron chi connectivity index (χ3n) is 4.04. The van der Waals surface area contributed by atoms with Crippen LogP contribution in [0.5, 0.6) is 0 Å². The number of imide groups is 1. The first-order valence-corrected chi connectivity index (χ1v) is 7.57. The summed E-state index contributed by atoms with van der Waals surface area (Å²) < 4.78 is 13.1. The van der Waals surface area contributed by atoms with E-state index in [9.17, 15) is 14.0 Å². The van der Waals surface area contributed by atoms with Crippen LogP contribution in [0, 0.1) is 11.7 Å². The Morgan fingerprint density at radius 3 is 2.33 bits per heavy atom. The molecule has 1 saturated heterocycles. The van der Waals surface area contributed by atoms with E-state index in [2.05, 4.69) is 5.16 Å². The topological polar surface area (TPSA) is 59.0 Å². The number of anilines is 1. The lowest BCUT2D eigenvalue weighted by Gasteiger charge is -2.15. The summed E-state index contributed by atoms with van der Waals surface area (Å²) in [5, 5.41) is 4.37. The average Bonchev–Trinajstić information content (AvgIpc) is 3.11. The van der Waals surface area contributed by atoms with Gasteiger partial charge in [-0.05, 0) is 36.4 Å². The van der Waals surface area contributed by atoms with Crippen molar-refractivity contribution in [1.29, 1.82) is 0 Å². The Morgan fingerprint density at radius 1 is 1.00 bits per heavy atom. The van der Waals surface area contributed by atoms with Crippen LogP contribution >= 0.6 is 11.6 Å². The molecule has 0 spiro atoms. The van der Waals surface area contributed by atoms with Crippen LogP contribution in [0.25, 0.3) is 0 Å². The van der Waals surface area contributed by atoms with Gasteiger partial charge in [0.1, 0.15) is 17.4 Å². The standard InChI is InChI=1S/C17H10ClFN2O3/c18-10-3-7-12(8-4-10)21-16(22)13-14(20-24-15(13)17(21)23)9-1-5-11(19)6-2-9/h1-8,13,15H/t13-,15+/m1/s1. The molecule has 120 valence electrons. The van der Waals surface area contributed by atoms with Crippen molar-refractivity contribution in [3.8, 4) is 0 Å². The van der Waals surface area contributed by atoms with E-state index in [4.69, 9.17) is 16.4 Å². The van der Waals surface area contributed by atoms with Gasteiger partial charge in [-0.2, -0.15) is 0 Å². The molecule has 0 aromatic heterocycles. The molecule has 2 aromatic carbocycles. The number of hydrogen-bond donors (Lipinski definition) is 0. The minimum Gasteiger partial charge on any atom is -0.381 e. The van der Waals surface area contributed by atoms with Gasteiger partial charge in [-0.15, -0.1) is 0 Å². The molecule has 24 heavy (non-hydrogen) atoms. The normalized spacial score (nSPS) is 22.4. The van der Waals surface area contributed by atoms with Crippen molar-refractivity contribution in [3.63, 3.8) is 0 Å². The van der Waals surface area contributed by atoms with Gasteiger partial charge in [-0.3, -0.25) is 9.59 Å². The zero-order valence-electron chi connectivity index (χ0n) is 12.1. The fourth-order valence-corrected chi connectivity index (χ4v) is 3.01. The highest BCUT2D eigenvalue weighted by atomic mass is 35.5. The number of amides is 2. The Morgan fingerprint density at radius 2 is 1.67 bits per heavy atom. The fourth-order valence-electron chi connectivity index (χ4n) is 2.88. The summed E-state index contributed by atoms with van der Waals surface area (Å²) in [5.74, 6) is -2.13. The van der Waals surface area contributed by atoms with Crippen LogP contribution in [0.15, 0.2) is 53.7 Å². The molecule has 2 aliphatic heterocycles. The zero-order chi connectivity index (χ0) is 16.8. The molecular weight excluding hydrogens is 335 g/mol. The minimum absolute atomic E-state index is 0.329. The number of nitrogens with zero attached hydrogens (tertiary/aromatic N) is 2. The molecule has 5 nitrogen and oxygen atoms in total. The summed E-state index contributed by atoms with van der Waals surface area (Å²) in [6, 6.07) is 11.9. The van der Waals surface area contributed by atoms with Gasteiger partial charge in [0.15, 0.2) is 0 Å². The summed E-state index contributed by atoms with van der Waals surface area (Å²) in [5.41, 5.74) is 1.30. The fraction of sp³-hybridized carbons (Fsp3) is 0.118. The molecule has 0 unspecified atom stereocenters. The van der Waals surface area contributed by atoms with Gasteiger partial charge >= 0.3 is 0 Å². The van der Waals surface area contributed by atoms with Gasteiger partial charge < -0.3 is 4.84 Å². The molecule has 0 bridgehead atoms.